The highest BCUT2D eigenvalue weighted by Crippen LogP contribution is 2.49. The molecule has 804 valence electrons. The second kappa shape index (κ2) is 49.1. The minimum Gasteiger partial charge on any atom is -0.479 e. The van der Waals surface area contributed by atoms with Crippen molar-refractivity contribution in [3.8, 4) is 0 Å². The zero-order valence-electron chi connectivity index (χ0n) is 82.6. The number of urea groups is 4. The SMILES string of the molecule is CCCNC(=O)Nc1c[n+](CC2=C(C(=O)O)N3C(=O)[C@@H](CC(=O)/C(=N\OC(C)(C)C(=O)O)c4nsc(N)n4)C3SC2)n(C)c1N.CCCNC(=O)Nc1c[n+](CC2=C(C(=O)O)N3C(=O)[C@H](CC(=O)/C(=N\OC(C)(C)C(=O)O)c4nsc(N)n4)C3SC2)n(C)c1N.CCCNC(=O)Nc1c[n+](CC2=CSC3[C@H](CC(=O)/C(=N\OC(C)(C)C(=O)O)c4nsc(N)n4)C(=O)N3C2C(=O)O)n(C)c1N.CCCNC(=O)Nc1cnn(C)c1N. The number of carbonyl (C=O) groups excluding carboxylic acids is 10. The molecule has 0 spiro atoms. The third kappa shape index (κ3) is 27.1. The number of β-lactam (4-membered cyclic amide) rings is 3. The molecule has 7 atom stereocenters. The Morgan fingerprint density at radius 3 is 1.03 bits per heavy atom. The van der Waals surface area contributed by atoms with Gasteiger partial charge in [0.15, 0.2) is 110 Å². The van der Waals surface area contributed by atoms with Gasteiger partial charge in [-0.05, 0) is 72.6 Å². The largest absolute Gasteiger partial charge is 0.479 e. The molecule has 3 fully saturated rings. The number of fused-ring (bicyclic) bond motifs is 3. The number of oxime groups is 3. The molecule has 7 aromatic heterocycles. The highest BCUT2D eigenvalue weighted by atomic mass is 32.2. The third-order valence-electron chi connectivity index (χ3n) is 22.8. The molecule has 6 aliphatic heterocycles. The Bertz CT molecular complexity index is 6210. The van der Waals surface area contributed by atoms with Crippen molar-refractivity contribution >= 4 is 243 Å². The van der Waals surface area contributed by atoms with Crippen LogP contribution in [0.4, 0.5) is 80.6 Å². The first-order chi connectivity index (χ1) is 70.1. The number of rotatable bonds is 42. The summed E-state index contributed by atoms with van der Waals surface area (Å²) in [6.07, 6.45) is 8.19. The van der Waals surface area contributed by atoms with E-state index in [1.165, 1.54) is 92.6 Å². The molecule has 149 heavy (non-hydrogen) atoms. The minimum atomic E-state index is -1.79. The van der Waals surface area contributed by atoms with Gasteiger partial charge in [0.1, 0.15) is 22.9 Å². The molecule has 13 heterocycles. The van der Waals surface area contributed by atoms with Crippen molar-refractivity contribution in [3.05, 3.63) is 75.8 Å². The number of carboxylic acid groups (broad SMARTS) is 6. The Balaban J connectivity index is 0.000000214. The van der Waals surface area contributed by atoms with E-state index >= 15 is 0 Å². The summed E-state index contributed by atoms with van der Waals surface area (Å²) >= 11 is 6.11. The molecular weight excluding hydrogens is 2080 g/mol. The number of amides is 11. The molecule has 0 bridgehead atoms. The van der Waals surface area contributed by atoms with E-state index in [-0.39, 0.29) is 112 Å². The second-order valence-corrected chi connectivity index (χ2v) is 40.4. The zero-order valence-corrected chi connectivity index (χ0v) is 87.5. The zero-order chi connectivity index (χ0) is 110. The molecule has 0 radical (unpaired) electrons. The highest BCUT2D eigenvalue weighted by Gasteiger charge is 2.59. The maximum absolute atomic E-state index is 13.4. The van der Waals surface area contributed by atoms with Gasteiger partial charge in [-0.3, -0.25) is 59.2 Å². The molecule has 66 heteroatoms. The Morgan fingerprint density at radius 2 is 0.752 bits per heavy atom. The van der Waals surface area contributed by atoms with Crippen LogP contribution in [0.25, 0.3) is 0 Å². The van der Waals surface area contributed by atoms with E-state index in [0.29, 0.717) is 71.5 Å². The summed E-state index contributed by atoms with van der Waals surface area (Å²) in [6.45, 7) is 17.3. The summed E-state index contributed by atoms with van der Waals surface area (Å²) < 4.78 is 22.9. The molecule has 4 unspecified atom stereocenters. The normalized spacial score (nSPS) is 17.9. The van der Waals surface area contributed by atoms with Gasteiger partial charge in [0.2, 0.25) is 70.6 Å². The van der Waals surface area contributed by atoms with Crippen LogP contribution < -0.4 is 96.7 Å². The fourth-order valence-electron chi connectivity index (χ4n) is 14.3. The summed E-state index contributed by atoms with van der Waals surface area (Å²) in [5.41, 5.74) is 36.8. The van der Waals surface area contributed by atoms with Crippen LogP contribution >= 0.6 is 69.9 Å². The molecule has 13 rings (SSSR count). The molecule has 7 aromatic rings. The topological polar surface area (TPSA) is 869 Å². The van der Waals surface area contributed by atoms with Crippen LogP contribution in [0, 0.1) is 17.8 Å². The number of nitrogens with zero attached hydrogens (tertiary/aromatic N) is 20. The van der Waals surface area contributed by atoms with Gasteiger partial charge in [-0.25, -0.2) is 47.9 Å². The highest BCUT2D eigenvalue weighted by molar-refractivity contribution is 8.03. The predicted octanol–water partition coefficient (Wildman–Crippen LogP) is 0.452. The van der Waals surface area contributed by atoms with Crippen molar-refractivity contribution in [1.29, 1.82) is 0 Å². The predicted molar refractivity (Wildman–Crippen MR) is 540 cm³/mol. The van der Waals surface area contributed by atoms with Crippen LogP contribution in [-0.4, -0.2) is 286 Å². The number of aliphatic carboxylic acids is 6. The Morgan fingerprint density at radius 1 is 0.443 bits per heavy atom. The number of nitrogens with two attached hydrogens (primary N) is 7. The molecule has 0 aliphatic carbocycles. The Kier molecular flexibility index (Phi) is 37.9. The molecule has 0 saturated carbocycles. The second-order valence-electron chi connectivity index (χ2n) is 34.9. The number of hydrogen-bond acceptors (Lipinski definition) is 42. The molecule has 60 nitrogen and oxygen atoms in total. The average molecular weight is 2190 g/mol. The maximum Gasteiger partial charge on any atom is 0.352 e. The number of thioether (sulfide) groups is 3. The number of ketones is 3. The van der Waals surface area contributed by atoms with E-state index in [1.54, 1.807) is 80.3 Å². The van der Waals surface area contributed by atoms with E-state index in [9.17, 15) is 107 Å². The molecule has 0 aromatic carbocycles. The maximum atomic E-state index is 13.4. The lowest BCUT2D eigenvalue weighted by molar-refractivity contribution is -0.765. The minimum absolute atomic E-state index is 0.0270. The van der Waals surface area contributed by atoms with Gasteiger partial charge in [0.05, 0.1) is 61.2 Å². The first-order valence-electron chi connectivity index (χ1n) is 45.2. The van der Waals surface area contributed by atoms with E-state index in [2.05, 4.69) is 91.2 Å². The van der Waals surface area contributed by atoms with E-state index in [0.717, 1.165) is 70.1 Å². The van der Waals surface area contributed by atoms with Crippen molar-refractivity contribution in [1.82, 2.24) is 87.9 Å². The van der Waals surface area contributed by atoms with E-state index in [4.69, 9.17) is 54.6 Å². The van der Waals surface area contributed by atoms with Crippen molar-refractivity contribution in [3.63, 3.8) is 0 Å². The third-order valence-corrected chi connectivity index (χ3v) is 28.5. The molecule has 6 aliphatic rings. The standard InChI is InChI=1S/3C25H32N10O8S2.C8H15N5O/c3*1-5-6-28-24(42)29-13-9-34(33(4)17(13)26)8-11-10-44-20-12(19(37)35(20)16(11)21(38)39)7-14(36)15(18-30-23(27)45-32-18)31-43-25(2,3)22(40)41;1-3-4-10-8(14)12-6-5-11-13(2)7(6)9/h2*9,12,20,26H,5-8,10H2,1-4H3,(H6,27,28,29,30,32,38,39,40,41,42);9-10,12,16,20,26H,5-8H2,1-4H3,(H6,27,28,29,30,32,38,39,40,41,42);5H,3-4,9H2,1-2H3,(H2,10,12,14)/p+3/b3*31-15+;/t2*12-,20?;12-,16?,20?;/m101./s1. The van der Waals surface area contributed by atoms with Crippen LogP contribution in [-0.2, 0) is 120 Å². The van der Waals surface area contributed by atoms with Gasteiger partial charge in [0, 0.05) is 115 Å². The van der Waals surface area contributed by atoms with Crippen LogP contribution in [0.3, 0.4) is 0 Å². The number of nitrogen functional groups attached to an aromatic ring is 7. The summed E-state index contributed by atoms with van der Waals surface area (Å²) in [4.78, 5) is 230. The number of carbonyl (C=O) groups is 16. The number of aryl methyl sites for hydroxylation is 1. The molecule has 11 amide bonds. The summed E-state index contributed by atoms with van der Waals surface area (Å²) in [5.74, 6) is -13.5. The van der Waals surface area contributed by atoms with Gasteiger partial charge in [-0.2, -0.15) is 33.2 Å². The number of hydrogen-bond donors (Lipinski definition) is 21. The van der Waals surface area contributed by atoms with Gasteiger partial charge < -0.3 is 117 Å². The van der Waals surface area contributed by atoms with E-state index < -0.39 is 169 Å². The van der Waals surface area contributed by atoms with Gasteiger partial charge >= 0.3 is 59.9 Å². The van der Waals surface area contributed by atoms with E-state index in [1.807, 2.05) is 27.7 Å². The summed E-state index contributed by atoms with van der Waals surface area (Å²) in [6, 6.07) is -2.89. The Hall–Kier alpha value is -15.9. The lowest BCUT2D eigenvalue weighted by Crippen LogP contribution is -2.67. The van der Waals surface area contributed by atoms with Crippen LogP contribution in [0.2, 0.25) is 0 Å². The lowest BCUT2D eigenvalue weighted by Gasteiger charge is -2.51. The van der Waals surface area contributed by atoms with Gasteiger partial charge in [0.25, 0.3) is 0 Å². The first kappa shape index (κ1) is 115. The lowest BCUT2D eigenvalue weighted by atomic mass is 9.87. The van der Waals surface area contributed by atoms with Crippen LogP contribution in [0.5, 0.6) is 0 Å². The Labute approximate surface area is 871 Å². The molecule has 3 saturated heterocycles. The van der Waals surface area contributed by atoms with Gasteiger partial charge in [-0.1, -0.05) is 43.2 Å². The van der Waals surface area contributed by atoms with Crippen molar-refractivity contribution < 1.29 is 136 Å². The fraction of sp³-hybridized carbons (Fsp3) is 0.482. The number of aromatic nitrogens is 14. The molecule has 28 N–H and O–H groups in total. The monoisotopic (exact) mass is 2190 g/mol. The number of Topliss-reactive ketones (excluding diaryl/α,β-unsaturated/α-hetero) is 3. The molecular formula is C83H114N35O25S6+3. The van der Waals surface area contributed by atoms with Crippen molar-refractivity contribution in [2.45, 2.75) is 173 Å². The summed E-state index contributed by atoms with van der Waals surface area (Å²) in [7, 11) is 6.64. The fourth-order valence-corrected chi connectivity index (χ4v) is 19.7. The first-order valence-corrected chi connectivity index (χ1v) is 50.6. The van der Waals surface area contributed by atoms with Crippen molar-refractivity contribution in [2.75, 3.05) is 99.1 Å². The average Bonchev–Trinajstić information content (AvgIpc) is 1.72. The van der Waals surface area contributed by atoms with Crippen LogP contribution in [0.1, 0.15) is 132 Å². The number of anilines is 11. The number of carboxylic acids is 6. The summed E-state index contributed by atoms with van der Waals surface area (Å²) in [5, 5.41) is 94.5. The van der Waals surface area contributed by atoms with Gasteiger partial charge in [-0.15, -0.1) is 63.4 Å². The smallest absolute Gasteiger partial charge is 0.352 e. The van der Waals surface area contributed by atoms with Crippen molar-refractivity contribution in [2.24, 2.45) is 61.4 Å². The number of nitrogens with one attached hydrogen (secondary N) is 8. The quantitative estimate of drug-likeness (QED) is 0.0107. The van der Waals surface area contributed by atoms with Crippen LogP contribution in [0.15, 0.2) is 73.8 Å².